The average Bonchev–Trinajstić information content (AvgIpc) is 2.57. The average molecular weight is 334 g/mol. The van der Waals surface area contributed by atoms with Crippen LogP contribution in [0.4, 0.5) is 5.69 Å². The standard InChI is InChI=1S/C17H22N2O5/c1-24-11-9-13(17(22)23)18-15(20)8-10-19-14-5-3-2-4-12(14)6-7-16(19)21/h2-5,13H,6-11H2,1H3,(H,18,20)(H,22,23). The van der Waals surface area contributed by atoms with Gasteiger partial charge in [-0.15, -0.1) is 0 Å². The number of aryl methyl sites for hydroxylation is 1. The lowest BCUT2D eigenvalue weighted by Gasteiger charge is -2.29. The summed E-state index contributed by atoms with van der Waals surface area (Å²) in [5, 5.41) is 11.6. The quantitative estimate of drug-likeness (QED) is 0.738. The van der Waals surface area contributed by atoms with E-state index in [1.165, 1.54) is 7.11 Å². The van der Waals surface area contributed by atoms with Gasteiger partial charge in [-0.3, -0.25) is 9.59 Å². The van der Waals surface area contributed by atoms with E-state index in [-0.39, 0.29) is 31.9 Å². The zero-order valence-corrected chi connectivity index (χ0v) is 13.7. The number of carbonyl (C=O) groups excluding carboxylic acids is 2. The lowest BCUT2D eigenvalue weighted by molar-refractivity contribution is -0.142. The molecular formula is C17H22N2O5. The molecule has 2 amide bonds. The first-order chi connectivity index (χ1) is 11.5. The predicted octanol–water partition coefficient (Wildman–Crippen LogP) is 0.962. The molecule has 0 aromatic heterocycles. The Labute approximate surface area is 140 Å². The van der Waals surface area contributed by atoms with Gasteiger partial charge in [0.25, 0.3) is 0 Å². The third kappa shape index (κ3) is 4.55. The van der Waals surface area contributed by atoms with E-state index in [1.807, 2.05) is 24.3 Å². The number of anilines is 1. The van der Waals surface area contributed by atoms with Crippen molar-refractivity contribution in [3.05, 3.63) is 29.8 Å². The molecule has 0 saturated heterocycles. The normalized spacial score (nSPS) is 14.9. The number of carbonyl (C=O) groups is 3. The fourth-order valence-corrected chi connectivity index (χ4v) is 2.71. The van der Waals surface area contributed by atoms with Crippen LogP contribution in [0, 0.1) is 0 Å². The summed E-state index contributed by atoms with van der Waals surface area (Å²) in [4.78, 5) is 36.9. The summed E-state index contributed by atoms with van der Waals surface area (Å²) < 4.78 is 4.84. The van der Waals surface area contributed by atoms with Crippen LogP contribution in [0.15, 0.2) is 24.3 Å². The van der Waals surface area contributed by atoms with Crippen LogP contribution in [0.5, 0.6) is 0 Å². The molecule has 1 aromatic rings. The molecule has 2 rings (SSSR count). The fraction of sp³-hybridized carbons (Fsp3) is 0.471. The smallest absolute Gasteiger partial charge is 0.326 e. The number of hydrogen-bond donors (Lipinski definition) is 2. The van der Waals surface area contributed by atoms with E-state index in [0.717, 1.165) is 11.3 Å². The third-order valence-corrected chi connectivity index (χ3v) is 4.00. The highest BCUT2D eigenvalue weighted by molar-refractivity contribution is 5.97. The number of nitrogens with one attached hydrogen (secondary N) is 1. The number of nitrogens with zero attached hydrogens (tertiary/aromatic N) is 1. The Bertz CT molecular complexity index is 617. The zero-order chi connectivity index (χ0) is 17.5. The van der Waals surface area contributed by atoms with Crippen LogP contribution in [-0.2, 0) is 25.5 Å². The summed E-state index contributed by atoms with van der Waals surface area (Å²) in [6.07, 6.45) is 1.37. The molecule has 24 heavy (non-hydrogen) atoms. The SMILES string of the molecule is COCCC(NC(=O)CCN1C(=O)CCc2ccccc21)C(=O)O. The van der Waals surface area contributed by atoms with Gasteiger partial charge in [0, 0.05) is 45.2 Å². The molecule has 1 heterocycles. The Hall–Kier alpha value is -2.41. The van der Waals surface area contributed by atoms with Crippen LogP contribution in [-0.4, -0.2) is 49.2 Å². The number of fused-ring (bicyclic) bond motifs is 1. The van der Waals surface area contributed by atoms with Crippen LogP contribution >= 0.6 is 0 Å². The summed E-state index contributed by atoms with van der Waals surface area (Å²) in [6, 6.07) is 6.63. The number of hydrogen-bond acceptors (Lipinski definition) is 4. The van der Waals surface area contributed by atoms with Crippen LogP contribution in [0.2, 0.25) is 0 Å². The van der Waals surface area contributed by atoms with Gasteiger partial charge in [-0.05, 0) is 18.1 Å². The van der Waals surface area contributed by atoms with Crippen molar-refractivity contribution in [2.45, 2.75) is 31.7 Å². The molecule has 0 radical (unpaired) electrons. The Morgan fingerprint density at radius 1 is 1.33 bits per heavy atom. The van der Waals surface area contributed by atoms with Gasteiger partial charge in [0.1, 0.15) is 6.04 Å². The summed E-state index contributed by atoms with van der Waals surface area (Å²) >= 11 is 0. The van der Waals surface area contributed by atoms with E-state index in [0.29, 0.717) is 12.8 Å². The largest absolute Gasteiger partial charge is 0.480 e. The third-order valence-electron chi connectivity index (χ3n) is 4.00. The maximum atomic E-state index is 12.1. The van der Waals surface area contributed by atoms with Crippen molar-refractivity contribution < 1.29 is 24.2 Å². The van der Waals surface area contributed by atoms with Gasteiger partial charge < -0.3 is 20.1 Å². The number of methoxy groups -OCH3 is 1. The number of para-hydroxylation sites is 1. The molecule has 1 atom stereocenters. The van der Waals surface area contributed by atoms with Crippen LogP contribution in [0.3, 0.4) is 0 Å². The van der Waals surface area contributed by atoms with Gasteiger partial charge >= 0.3 is 5.97 Å². The molecule has 7 heteroatoms. The number of carboxylic acid groups (broad SMARTS) is 1. The van der Waals surface area contributed by atoms with Crippen molar-refractivity contribution in [3.63, 3.8) is 0 Å². The first-order valence-corrected chi connectivity index (χ1v) is 7.92. The van der Waals surface area contributed by atoms with Crippen molar-refractivity contribution in [1.29, 1.82) is 0 Å². The van der Waals surface area contributed by atoms with Crippen LogP contribution in [0.1, 0.15) is 24.8 Å². The maximum Gasteiger partial charge on any atom is 0.326 e. The molecule has 1 aliphatic heterocycles. The monoisotopic (exact) mass is 334 g/mol. The molecule has 0 saturated carbocycles. The summed E-state index contributed by atoms with van der Waals surface area (Å²) in [5.41, 5.74) is 1.91. The highest BCUT2D eigenvalue weighted by Crippen LogP contribution is 2.27. The maximum absolute atomic E-state index is 12.1. The molecule has 0 fully saturated rings. The number of ether oxygens (including phenoxy) is 1. The highest BCUT2D eigenvalue weighted by Gasteiger charge is 2.25. The minimum absolute atomic E-state index is 0.0179. The van der Waals surface area contributed by atoms with E-state index in [4.69, 9.17) is 9.84 Å². The van der Waals surface area contributed by atoms with Crippen molar-refractivity contribution in [2.24, 2.45) is 0 Å². The molecule has 1 aromatic carbocycles. The number of carboxylic acids is 1. The first-order valence-electron chi connectivity index (χ1n) is 7.92. The number of benzene rings is 1. The van der Waals surface area contributed by atoms with Gasteiger partial charge in [0.2, 0.25) is 11.8 Å². The molecule has 1 unspecified atom stereocenters. The van der Waals surface area contributed by atoms with Gasteiger partial charge in [-0.2, -0.15) is 0 Å². The second-order valence-electron chi connectivity index (χ2n) is 5.66. The van der Waals surface area contributed by atoms with Gasteiger partial charge in [0.15, 0.2) is 0 Å². The minimum atomic E-state index is -1.10. The highest BCUT2D eigenvalue weighted by atomic mass is 16.5. The molecular weight excluding hydrogens is 312 g/mol. The van der Waals surface area contributed by atoms with Gasteiger partial charge in [-0.1, -0.05) is 18.2 Å². The number of amides is 2. The summed E-state index contributed by atoms with van der Waals surface area (Å²) in [7, 11) is 1.47. The predicted molar refractivity (Wildman–Crippen MR) is 87.8 cm³/mol. The molecule has 2 N–H and O–H groups in total. The van der Waals surface area contributed by atoms with Crippen LogP contribution < -0.4 is 10.2 Å². The Balaban J connectivity index is 1.93. The van der Waals surface area contributed by atoms with E-state index < -0.39 is 17.9 Å². The van der Waals surface area contributed by atoms with E-state index in [2.05, 4.69) is 5.32 Å². The van der Waals surface area contributed by atoms with Crippen molar-refractivity contribution in [2.75, 3.05) is 25.2 Å². The fourth-order valence-electron chi connectivity index (χ4n) is 2.71. The Morgan fingerprint density at radius 2 is 2.08 bits per heavy atom. The lowest BCUT2D eigenvalue weighted by atomic mass is 10.0. The van der Waals surface area contributed by atoms with Crippen molar-refractivity contribution in [3.8, 4) is 0 Å². The Kier molecular flexibility index (Phi) is 6.31. The lowest BCUT2D eigenvalue weighted by Crippen LogP contribution is -2.43. The van der Waals surface area contributed by atoms with Gasteiger partial charge in [0.05, 0.1) is 0 Å². The first kappa shape index (κ1) is 17.9. The van der Waals surface area contributed by atoms with E-state index in [9.17, 15) is 14.4 Å². The number of rotatable bonds is 8. The van der Waals surface area contributed by atoms with E-state index in [1.54, 1.807) is 4.90 Å². The molecule has 130 valence electrons. The topological polar surface area (TPSA) is 95.9 Å². The Morgan fingerprint density at radius 3 is 2.79 bits per heavy atom. The van der Waals surface area contributed by atoms with Crippen molar-refractivity contribution >= 4 is 23.5 Å². The summed E-state index contributed by atoms with van der Waals surface area (Å²) in [6.45, 7) is 0.480. The number of aliphatic carboxylic acids is 1. The molecule has 0 aliphatic carbocycles. The van der Waals surface area contributed by atoms with Crippen molar-refractivity contribution in [1.82, 2.24) is 5.32 Å². The van der Waals surface area contributed by atoms with E-state index >= 15 is 0 Å². The molecule has 1 aliphatic rings. The second kappa shape index (κ2) is 8.44. The zero-order valence-electron chi connectivity index (χ0n) is 13.7. The molecule has 7 nitrogen and oxygen atoms in total. The molecule has 0 bridgehead atoms. The minimum Gasteiger partial charge on any atom is -0.480 e. The van der Waals surface area contributed by atoms with Gasteiger partial charge in [-0.25, -0.2) is 4.79 Å². The summed E-state index contributed by atoms with van der Waals surface area (Å²) in [5.74, 6) is -1.51. The second-order valence-corrected chi connectivity index (χ2v) is 5.66. The van der Waals surface area contributed by atoms with Crippen LogP contribution in [0.25, 0.3) is 0 Å². The molecule has 0 spiro atoms.